The van der Waals surface area contributed by atoms with Crippen LogP contribution >= 0.6 is 0 Å². The van der Waals surface area contributed by atoms with Gasteiger partial charge in [-0.15, -0.1) is 0 Å². The standard InChI is InChI=1S/C22H34N4O2/c1-3-4-13-24(2)21(27)18-11-16-26(17-12-18)22(28)23-19-9-5-6-10-20(19)25-14-7-8-15-25/h5-6,9-10,18H,3-4,7-8,11-17H2,1-2H3,(H,23,28). The summed E-state index contributed by atoms with van der Waals surface area (Å²) in [4.78, 5) is 31.4. The SMILES string of the molecule is CCCCN(C)C(=O)C1CCN(C(=O)Nc2ccccc2N2CCCC2)CC1. The minimum Gasteiger partial charge on any atom is -0.370 e. The van der Waals surface area contributed by atoms with Crippen molar-refractivity contribution in [2.75, 3.05) is 50.0 Å². The summed E-state index contributed by atoms with van der Waals surface area (Å²) >= 11 is 0. The second-order valence-electron chi connectivity index (χ2n) is 8.02. The van der Waals surface area contributed by atoms with Gasteiger partial charge in [-0.25, -0.2) is 4.79 Å². The third-order valence-corrected chi connectivity index (χ3v) is 5.95. The molecule has 2 aliphatic heterocycles. The molecule has 0 aromatic heterocycles. The summed E-state index contributed by atoms with van der Waals surface area (Å²) in [5.41, 5.74) is 1.99. The van der Waals surface area contributed by atoms with Crippen LogP contribution in [0, 0.1) is 5.92 Å². The smallest absolute Gasteiger partial charge is 0.321 e. The van der Waals surface area contributed by atoms with Crippen LogP contribution in [0.15, 0.2) is 24.3 Å². The van der Waals surface area contributed by atoms with Crippen molar-refractivity contribution in [2.24, 2.45) is 5.92 Å². The van der Waals surface area contributed by atoms with E-state index < -0.39 is 0 Å². The van der Waals surface area contributed by atoms with Crippen molar-refractivity contribution in [3.05, 3.63) is 24.3 Å². The third kappa shape index (κ3) is 4.97. The van der Waals surface area contributed by atoms with E-state index in [0.29, 0.717) is 13.1 Å². The van der Waals surface area contributed by atoms with Crippen molar-refractivity contribution in [3.63, 3.8) is 0 Å². The third-order valence-electron chi connectivity index (χ3n) is 5.95. The fourth-order valence-electron chi connectivity index (χ4n) is 4.15. The Morgan fingerprint density at radius 3 is 2.46 bits per heavy atom. The molecule has 2 fully saturated rings. The van der Waals surface area contributed by atoms with Gasteiger partial charge >= 0.3 is 6.03 Å². The van der Waals surface area contributed by atoms with Gasteiger partial charge < -0.3 is 20.0 Å². The van der Waals surface area contributed by atoms with Gasteiger partial charge in [-0.05, 0) is 44.2 Å². The fraction of sp³-hybridized carbons (Fsp3) is 0.636. The van der Waals surface area contributed by atoms with Gasteiger partial charge in [-0.3, -0.25) is 4.79 Å². The van der Waals surface area contributed by atoms with Crippen LogP contribution in [0.2, 0.25) is 0 Å². The van der Waals surface area contributed by atoms with Gasteiger partial charge in [0.25, 0.3) is 0 Å². The molecule has 0 radical (unpaired) electrons. The number of piperidine rings is 1. The predicted octanol–water partition coefficient (Wildman–Crippen LogP) is 3.79. The normalized spacial score (nSPS) is 17.6. The highest BCUT2D eigenvalue weighted by Gasteiger charge is 2.29. The van der Waals surface area contributed by atoms with Gasteiger partial charge in [0.2, 0.25) is 5.91 Å². The van der Waals surface area contributed by atoms with E-state index in [4.69, 9.17) is 0 Å². The highest BCUT2D eigenvalue weighted by molar-refractivity contribution is 5.93. The topological polar surface area (TPSA) is 55.9 Å². The number of carbonyl (C=O) groups is 2. The Morgan fingerprint density at radius 1 is 1.11 bits per heavy atom. The molecule has 154 valence electrons. The Kier molecular flexibility index (Phi) is 7.18. The van der Waals surface area contributed by atoms with Crippen molar-refractivity contribution < 1.29 is 9.59 Å². The average molecular weight is 387 g/mol. The van der Waals surface area contributed by atoms with Crippen molar-refractivity contribution >= 4 is 23.3 Å². The number of carbonyl (C=O) groups excluding carboxylic acids is 2. The largest absolute Gasteiger partial charge is 0.370 e. The summed E-state index contributed by atoms with van der Waals surface area (Å²) < 4.78 is 0. The molecule has 2 aliphatic rings. The summed E-state index contributed by atoms with van der Waals surface area (Å²) in [7, 11) is 1.90. The van der Waals surface area contributed by atoms with E-state index >= 15 is 0 Å². The van der Waals surface area contributed by atoms with Gasteiger partial charge in [0.05, 0.1) is 11.4 Å². The molecule has 3 amide bonds. The first-order valence-corrected chi connectivity index (χ1v) is 10.7. The zero-order chi connectivity index (χ0) is 19.9. The first kappa shape index (κ1) is 20.5. The molecular weight excluding hydrogens is 352 g/mol. The van der Waals surface area contributed by atoms with Crippen LogP contribution in [0.1, 0.15) is 45.4 Å². The van der Waals surface area contributed by atoms with E-state index in [1.807, 2.05) is 35.0 Å². The Balaban J connectivity index is 1.53. The van der Waals surface area contributed by atoms with Crippen LogP contribution in [0.4, 0.5) is 16.2 Å². The number of nitrogens with one attached hydrogen (secondary N) is 1. The predicted molar refractivity (Wildman–Crippen MR) is 114 cm³/mol. The number of likely N-dealkylation sites (tertiary alicyclic amines) is 1. The average Bonchev–Trinajstić information content (AvgIpc) is 3.26. The van der Waals surface area contributed by atoms with E-state index in [9.17, 15) is 9.59 Å². The molecule has 1 aromatic rings. The zero-order valence-corrected chi connectivity index (χ0v) is 17.3. The molecule has 6 nitrogen and oxygen atoms in total. The Hall–Kier alpha value is -2.24. The second kappa shape index (κ2) is 9.80. The second-order valence-corrected chi connectivity index (χ2v) is 8.02. The molecule has 2 heterocycles. The molecule has 3 rings (SSSR count). The van der Waals surface area contributed by atoms with E-state index in [1.54, 1.807) is 0 Å². The monoisotopic (exact) mass is 386 g/mol. The van der Waals surface area contributed by atoms with Gasteiger partial charge in [0.1, 0.15) is 0 Å². The van der Waals surface area contributed by atoms with Crippen LogP contribution < -0.4 is 10.2 Å². The van der Waals surface area contributed by atoms with E-state index in [1.165, 1.54) is 12.8 Å². The lowest BCUT2D eigenvalue weighted by molar-refractivity contribution is -0.135. The van der Waals surface area contributed by atoms with Gasteiger partial charge in [-0.2, -0.15) is 0 Å². The van der Waals surface area contributed by atoms with E-state index in [0.717, 1.165) is 56.7 Å². The van der Waals surface area contributed by atoms with Crippen LogP contribution in [-0.2, 0) is 4.79 Å². The van der Waals surface area contributed by atoms with E-state index in [-0.39, 0.29) is 17.9 Å². The molecule has 0 bridgehead atoms. The molecule has 2 saturated heterocycles. The highest BCUT2D eigenvalue weighted by Crippen LogP contribution is 2.29. The minimum atomic E-state index is -0.0584. The molecule has 1 aromatic carbocycles. The van der Waals surface area contributed by atoms with Gasteiger partial charge in [0, 0.05) is 45.7 Å². The number of unbranched alkanes of at least 4 members (excludes halogenated alkanes) is 1. The molecule has 6 heteroatoms. The molecule has 0 aliphatic carbocycles. The molecule has 0 unspecified atom stereocenters. The summed E-state index contributed by atoms with van der Waals surface area (Å²) in [6, 6.07) is 7.99. The quantitative estimate of drug-likeness (QED) is 0.809. The van der Waals surface area contributed by atoms with Crippen LogP contribution in [-0.4, -0.2) is 61.5 Å². The Morgan fingerprint density at radius 2 is 1.79 bits per heavy atom. The van der Waals surface area contributed by atoms with Crippen molar-refractivity contribution in [2.45, 2.75) is 45.4 Å². The highest BCUT2D eigenvalue weighted by atomic mass is 16.2. The zero-order valence-electron chi connectivity index (χ0n) is 17.3. The lowest BCUT2D eigenvalue weighted by atomic mass is 9.95. The number of anilines is 2. The maximum absolute atomic E-state index is 12.8. The van der Waals surface area contributed by atoms with Crippen molar-refractivity contribution in [1.82, 2.24) is 9.80 Å². The number of rotatable bonds is 6. The van der Waals surface area contributed by atoms with Crippen LogP contribution in [0.5, 0.6) is 0 Å². The number of benzene rings is 1. The summed E-state index contributed by atoms with van der Waals surface area (Å²) in [6.45, 7) is 6.32. The number of amides is 3. The maximum atomic E-state index is 12.8. The van der Waals surface area contributed by atoms with Crippen LogP contribution in [0.25, 0.3) is 0 Å². The minimum absolute atomic E-state index is 0.0443. The van der Waals surface area contributed by atoms with Gasteiger partial charge in [0.15, 0.2) is 0 Å². The van der Waals surface area contributed by atoms with Crippen molar-refractivity contribution in [1.29, 1.82) is 0 Å². The lowest BCUT2D eigenvalue weighted by Gasteiger charge is -2.33. The van der Waals surface area contributed by atoms with E-state index in [2.05, 4.69) is 23.2 Å². The van der Waals surface area contributed by atoms with Crippen LogP contribution in [0.3, 0.4) is 0 Å². The molecule has 28 heavy (non-hydrogen) atoms. The molecule has 0 saturated carbocycles. The summed E-state index contributed by atoms with van der Waals surface area (Å²) in [6.07, 6.45) is 6.04. The lowest BCUT2D eigenvalue weighted by Crippen LogP contribution is -2.45. The van der Waals surface area contributed by atoms with Crippen molar-refractivity contribution in [3.8, 4) is 0 Å². The number of urea groups is 1. The first-order chi connectivity index (χ1) is 13.6. The number of nitrogens with zero attached hydrogens (tertiary/aromatic N) is 3. The Bertz CT molecular complexity index is 664. The summed E-state index contributed by atoms with van der Waals surface area (Å²) in [5, 5.41) is 3.10. The fourth-order valence-corrected chi connectivity index (χ4v) is 4.15. The summed E-state index contributed by atoms with van der Waals surface area (Å²) in [5.74, 6) is 0.274. The number of para-hydroxylation sites is 2. The Labute approximate surface area is 168 Å². The molecule has 0 spiro atoms. The number of hydrogen-bond acceptors (Lipinski definition) is 3. The molecule has 0 atom stereocenters. The van der Waals surface area contributed by atoms with Gasteiger partial charge in [-0.1, -0.05) is 25.5 Å². The first-order valence-electron chi connectivity index (χ1n) is 10.7. The molecular formula is C22H34N4O2. The maximum Gasteiger partial charge on any atom is 0.321 e. The molecule has 1 N–H and O–H groups in total. The number of hydrogen-bond donors (Lipinski definition) is 1.